The maximum absolute atomic E-state index is 11.8. The summed E-state index contributed by atoms with van der Waals surface area (Å²) in [5.41, 5.74) is 4.60. The number of carboxylic acids is 1. The molecule has 1 aliphatic rings. The number of nitrogens with zero attached hydrogens (tertiary/aromatic N) is 3. The first kappa shape index (κ1) is 13.4. The van der Waals surface area contributed by atoms with Crippen molar-refractivity contribution >= 4 is 11.9 Å². The van der Waals surface area contributed by atoms with Crippen molar-refractivity contribution in [3.63, 3.8) is 0 Å². The van der Waals surface area contributed by atoms with Crippen molar-refractivity contribution in [3.05, 3.63) is 11.9 Å². The molecule has 1 aromatic heterocycles. The standard InChI is InChI=1S/C10H15N5O4/c11-3-7-4-15(14-13-7)5-8(16)12-10(9(17)18)1-2-19-6-10/h4H,1-3,5-6,11H2,(H,12,16)(H,17,18). The van der Waals surface area contributed by atoms with Gasteiger partial charge in [-0.1, -0.05) is 5.21 Å². The van der Waals surface area contributed by atoms with Crippen molar-refractivity contribution in [1.82, 2.24) is 20.3 Å². The van der Waals surface area contributed by atoms with Gasteiger partial charge in [-0.15, -0.1) is 5.10 Å². The van der Waals surface area contributed by atoms with Crippen LogP contribution >= 0.6 is 0 Å². The molecule has 9 nitrogen and oxygen atoms in total. The van der Waals surface area contributed by atoms with Crippen LogP contribution in [0.15, 0.2) is 6.20 Å². The van der Waals surface area contributed by atoms with E-state index in [1.807, 2.05) is 0 Å². The van der Waals surface area contributed by atoms with E-state index in [9.17, 15) is 14.7 Å². The van der Waals surface area contributed by atoms with E-state index < -0.39 is 17.4 Å². The first-order valence-electron chi connectivity index (χ1n) is 5.77. The molecular formula is C10H15N5O4. The molecule has 0 spiro atoms. The Labute approximate surface area is 108 Å². The van der Waals surface area contributed by atoms with Crippen LogP contribution in [0.25, 0.3) is 0 Å². The van der Waals surface area contributed by atoms with E-state index in [1.165, 1.54) is 10.9 Å². The van der Waals surface area contributed by atoms with Gasteiger partial charge in [-0.3, -0.25) is 4.79 Å². The van der Waals surface area contributed by atoms with Gasteiger partial charge in [0.15, 0.2) is 5.54 Å². The van der Waals surface area contributed by atoms with Gasteiger partial charge in [0, 0.05) is 19.6 Å². The van der Waals surface area contributed by atoms with Crippen molar-refractivity contribution in [2.45, 2.75) is 25.0 Å². The van der Waals surface area contributed by atoms with Crippen LogP contribution in [0.5, 0.6) is 0 Å². The number of carbonyl (C=O) groups excluding carboxylic acids is 1. The topological polar surface area (TPSA) is 132 Å². The number of aliphatic carboxylic acids is 1. The van der Waals surface area contributed by atoms with Crippen LogP contribution < -0.4 is 11.1 Å². The molecule has 1 atom stereocenters. The molecule has 1 fully saturated rings. The van der Waals surface area contributed by atoms with Gasteiger partial charge in [0.05, 0.1) is 18.5 Å². The second kappa shape index (κ2) is 5.33. The van der Waals surface area contributed by atoms with Gasteiger partial charge in [0.2, 0.25) is 5.91 Å². The number of ether oxygens (including phenoxy) is 1. The predicted molar refractivity (Wildman–Crippen MR) is 61.9 cm³/mol. The summed E-state index contributed by atoms with van der Waals surface area (Å²) >= 11 is 0. The van der Waals surface area contributed by atoms with E-state index in [1.54, 1.807) is 0 Å². The summed E-state index contributed by atoms with van der Waals surface area (Å²) in [6.45, 7) is 0.406. The maximum atomic E-state index is 11.8. The zero-order valence-corrected chi connectivity index (χ0v) is 10.2. The lowest BCUT2D eigenvalue weighted by Gasteiger charge is -2.23. The number of aromatic nitrogens is 3. The minimum atomic E-state index is -1.34. The number of hydrogen-bond donors (Lipinski definition) is 3. The normalized spacial score (nSPS) is 22.4. The summed E-state index contributed by atoms with van der Waals surface area (Å²) in [6.07, 6.45) is 1.79. The van der Waals surface area contributed by atoms with Crippen molar-refractivity contribution in [3.8, 4) is 0 Å². The molecule has 1 amide bonds. The minimum Gasteiger partial charge on any atom is -0.479 e. The van der Waals surface area contributed by atoms with E-state index in [2.05, 4.69) is 15.6 Å². The molecule has 1 unspecified atom stereocenters. The minimum absolute atomic E-state index is 0.0283. The molecule has 1 aromatic rings. The molecule has 104 valence electrons. The summed E-state index contributed by atoms with van der Waals surface area (Å²) in [4.78, 5) is 23.0. The molecular weight excluding hydrogens is 254 g/mol. The van der Waals surface area contributed by atoms with Crippen LogP contribution in [-0.2, 0) is 27.4 Å². The van der Waals surface area contributed by atoms with E-state index >= 15 is 0 Å². The Morgan fingerprint density at radius 1 is 1.63 bits per heavy atom. The molecule has 1 saturated heterocycles. The summed E-state index contributed by atoms with van der Waals surface area (Å²) in [5.74, 6) is -1.55. The van der Waals surface area contributed by atoms with Gasteiger partial charge >= 0.3 is 5.97 Å². The molecule has 0 radical (unpaired) electrons. The van der Waals surface area contributed by atoms with E-state index in [-0.39, 0.29) is 26.1 Å². The lowest BCUT2D eigenvalue weighted by atomic mass is 9.99. The molecule has 9 heteroatoms. The van der Waals surface area contributed by atoms with Gasteiger partial charge in [-0.2, -0.15) is 0 Å². The molecule has 1 aliphatic heterocycles. The summed E-state index contributed by atoms with van der Waals surface area (Å²) in [6, 6.07) is 0. The first-order valence-corrected chi connectivity index (χ1v) is 5.77. The Morgan fingerprint density at radius 3 is 2.95 bits per heavy atom. The van der Waals surface area contributed by atoms with Gasteiger partial charge < -0.3 is 20.9 Å². The van der Waals surface area contributed by atoms with E-state index in [0.29, 0.717) is 12.3 Å². The Morgan fingerprint density at radius 2 is 2.42 bits per heavy atom. The first-order chi connectivity index (χ1) is 9.05. The molecule has 19 heavy (non-hydrogen) atoms. The number of hydrogen-bond acceptors (Lipinski definition) is 6. The largest absolute Gasteiger partial charge is 0.479 e. The smallest absolute Gasteiger partial charge is 0.331 e. The lowest BCUT2D eigenvalue weighted by Crippen LogP contribution is -2.55. The van der Waals surface area contributed by atoms with Crippen LogP contribution in [0.3, 0.4) is 0 Å². The fourth-order valence-electron chi connectivity index (χ4n) is 1.85. The highest BCUT2D eigenvalue weighted by molar-refractivity contribution is 5.87. The Bertz CT molecular complexity index is 480. The molecule has 0 saturated carbocycles. The zero-order valence-electron chi connectivity index (χ0n) is 10.2. The quantitative estimate of drug-likeness (QED) is 0.568. The summed E-state index contributed by atoms with van der Waals surface area (Å²) in [7, 11) is 0. The molecule has 0 aromatic carbocycles. The van der Waals surface area contributed by atoms with Gasteiger partial charge in [-0.25, -0.2) is 9.48 Å². The Kier molecular flexibility index (Phi) is 3.76. The van der Waals surface area contributed by atoms with Crippen LogP contribution in [-0.4, -0.2) is 50.7 Å². The highest BCUT2D eigenvalue weighted by Crippen LogP contribution is 2.18. The van der Waals surface area contributed by atoms with E-state index in [4.69, 9.17) is 10.5 Å². The van der Waals surface area contributed by atoms with Crippen LogP contribution in [0.1, 0.15) is 12.1 Å². The van der Waals surface area contributed by atoms with Crippen molar-refractivity contribution in [1.29, 1.82) is 0 Å². The average molecular weight is 269 g/mol. The Hall–Kier alpha value is -2.00. The van der Waals surface area contributed by atoms with Crippen molar-refractivity contribution < 1.29 is 19.4 Å². The summed E-state index contributed by atoms with van der Waals surface area (Å²) < 4.78 is 6.36. The maximum Gasteiger partial charge on any atom is 0.331 e. The second-order valence-electron chi connectivity index (χ2n) is 4.35. The van der Waals surface area contributed by atoms with Gasteiger partial charge in [0.1, 0.15) is 6.54 Å². The van der Waals surface area contributed by atoms with Crippen molar-refractivity contribution in [2.24, 2.45) is 5.73 Å². The monoisotopic (exact) mass is 269 g/mol. The number of carboxylic acid groups (broad SMARTS) is 1. The number of carbonyl (C=O) groups is 2. The lowest BCUT2D eigenvalue weighted by molar-refractivity contribution is -0.147. The molecule has 0 aliphatic carbocycles. The average Bonchev–Trinajstić information content (AvgIpc) is 2.98. The molecule has 4 N–H and O–H groups in total. The highest BCUT2D eigenvalue weighted by Gasteiger charge is 2.43. The molecule has 0 bridgehead atoms. The highest BCUT2D eigenvalue weighted by atomic mass is 16.5. The third-order valence-electron chi connectivity index (χ3n) is 2.91. The van der Waals surface area contributed by atoms with E-state index in [0.717, 1.165) is 0 Å². The van der Waals surface area contributed by atoms with Crippen LogP contribution in [0, 0.1) is 0 Å². The molecule has 2 rings (SSSR count). The third kappa shape index (κ3) is 2.88. The second-order valence-corrected chi connectivity index (χ2v) is 4.35. The third-order valence-corrected chi connectivity index (χ3v) is 2.91. The van der Waals surface area contributed by atoms with Crippen LogP contribution in [0.2, 0.25) is 0 Å². The summed E-state index contributed by atoms with van der Waals surface area (Å²) in [5, 5.41) is 19.1. The van der Waals surface area contributed by atoms with Gasteiger partial charge in [-0.05, 0) is 0 Å². The predicted octanol–water partition coefficient (Wildman–Crippen LogP) is -1.90. The number of nitrogens with two attached hydrogens (primary N) is 1. The number of nitrogens with one attached hydrogen (secondary N) is 1. The SMILES string of the molecule is NCc1cn(CC(=O)NC2(C(=O)O)CCOC2)nn1. The fourth-order valence-corrected chi connectivity index (χ4v) is 1.85. The van der Waals surface area contributed by atoms with Gasteiger partial charge in [0.25, 0.3) is 0 Å². The van der Waals surface area contributed by atoms with Crippen LogP contribution in [0.4, 0.5) is 0 Å². The molecule has 2 heterocycles. The fraction of sp³-hybridized carbons (Fsp3) is 0.600. The Balaban J connectivity index is 1.98. The van der Waals surface area contributed by atoms with Crippen molar-refractivity contribution in [2.75, 3.05) is 13.2 Å². The number of amides is 1. The zero-order chi connectivity index (χ0) is 13.9. The number of rotatable bonds is 5.